The molecule has 1 nitrogen and oxygen atoms in total. The zero-order chi connectivity index (χ0) is 21.0. The molecule has 0 saturated heterocycles. The first kappa shape index (κ1) is 20.4. The van der Waals surface area contributed by atoms with Crippen LogP contribution in [-0.2, 0) is 25.7 Å². The van der Waals surface area contributed by atoms with Gasteiger partial charge >= 0.3 is 6.18 Å². The van der Waals surface area contributed by atoms with Gasteiger partial charge in [-0.1, -0.05) is 78.9 Å². The zero-order valence-electron chi connectivity index (χ0n) is 16.7. The summed E-state index contributed by atoms with van der Waals surface area (Å²) in [6.07, 6.45) is 0.957. The van der Waals surface area contributed by atoms with E-state index >= 15 is 0 Å². The van der Waals surface area contributed by atoms with Crippen LogP contribution in [0.15, 0.2) is 72.8 Å². The molecule has 30 heavy (non-hydrogen) atoms. The van der Waals surface area contributed by atoms with E-state index in [9.17, 15) is 13.2 Å². The highest BCUT2D eigenvalue weighted by molar-refractivity contribution is 5.71. The number of fused-ring (bicyclic) bond motifs is 1. The highest BCUT2D eigenvalue weighted by Crippen LogP contribution is 2.32. The lowest BCUT2D eigenvalue weighted by molar-refractivity contribution is -0.137. The van der Waals surface area contributed by atoms with E-state index in [4.69, 9.17) is 0 Å². The second kappa shape index (κ2) is 8.88. The van der Waals surface area contributed by atoms with Gasteiger partial charge in [-0.25, -0.2) is 0 Å². The summed E-state index contributed by atoms with van der Waals surface area (Å²) in [5.41, 5.74) is 4.54. The molecular weight excluding hydrogens is 383 g/mol. The van der Waals surface area contributed by atoms with Gasteiger partial charge in [0.05, 0.1) is 5.56 Å². The molecule has 0 aliphatic carbocycles. The van der Waals surface area contributed by atoms with E-state index in [1.807, 2.05) is 12.1 Å². The average molecular weight is 407 g/mol. The second-order valence-corrected chi connectivity index (χ2v) is 7.75. The average Bonchev–Trinajstić information content (AvgIpc) is 3.15. The molecular formula is C26H24F3N. The molecule has 0 amide bonds. The smallest absolute Gasteiger partial charge is 0.295 e. The third-order valence-electron chi connectivity index (χ3n) is 5.52. The highest BCUT2D eigenvalue weighted by atomic mass is 19.4. The molecule has 3 aromatic carbocycles. The third-order valence-corrected chi connectivity index (χ3v) is 5.52. The Labute approximate surface area is 175 Å². The molecule has 0 unspecified atom stereocenters. The van der Waals surface area contributed by atoms with Crippen LogP contribution in [0.1, 0.15) is 39.8 Å². The lowest BCUT2D eigenvalue weighted by Gasteiger charge is -2.14. The van der Waals surface area contributed by atoms with Crippen molar-refractivity contribution in [1.82, 2.24) is 4.90 Å². The van der Waals surface area contributed by atoms with Crippen molar-refractivity contribution >= 4 is 12.2 Å². The Balaban J connectivity index is 1.35. The van der Waals surface area contributed by atoms with Crippen molar-refractivity contribution in [3.8, 4) is 0 Å². The molecule has 1 aliphatic heterocycles. The largest absolute Gasteiger partial charge is 0.416 e. The number of hydrogen-bond acceptors (Lipinski definition) is 1. The predicted octanol–water partition coefficient (Wildman–Crippen LogP) is 6.82. The number of hydrogen-bond donors (Lipinski definition) is 0. The van der Waals surface area contributed by atoms with Crippen LogP contribution in [0.5, 0.6) is 0 Å². The summed E-state index contributed by atoms with van der Waals surface area (Å²) in [6.45, 7) is 3.06. The summed E-state index contributed by atoms with van der Waals surface area (Å²) in [7, 11) is 0. The Bertz CT molecular complexity index is 1010. The predicted molar refractivity (Wildman–Crippen MR) is 116 cm³/mol. The maximum Gasteiger partial charge on any atom is 0.416 e. The molecule has 0 saturated carbocycles. The van der Waals surface area contributed by atoms with Gasteiger partial charge in [0.15, 0.2) is 0 Å². The summed E-state index contributed by atoms with van der Waals surface area (Å²) in [5, 5.41) is 0. The van der Waals surface area contributed by atoms with E-state index in [1.165, 1.54) is 28.8 Å². The van der Waals surface area contributed by atoms with Crippen molar-refractivity contribution in [3.63, 3.8) is 0 Å². The Hall–Kier alpha value is -2.85. The van der Waals surface area contributed by atoms with Crippen LogP contribution >= 0.6 is 0 Å². The molecule has 0 radical (unpaired) electrons. The van der Waals surface area contributed by atoms with Crippen LogP contribution in [0, 0.1) is 0 Å². The summed E-state index contributed by atoms with van der Waals surface area (Å²) in [6, 6.07) is 22.3. The van der Waals surface area contributed by atoms with E-state index < -0.39 is 11.7 Å². The van der Waals surface area contributed by atoms with Gasteiger partial charge in [-0.2, -0.15) is 13.2 Å². The molecule has 1 heterocycles. The number of rotatable bonds is 6. The number of nitrogens with zero attached hydrogens (tertiary/aromatic N) is 1. The van der Waals surface area contributed by atoms with Gasteiger partial charge in [-0.05, 0) is 53.3 Å². The van der Waals surface area contributed by atoms with E-state index in [-0.39, 0.29) is 5.56 Å². The molecule has 0 bridgehead atoms. The van der Waals surface area contributed by atoms with Gasteiger partial charge in [-0.3, -0.25) is 4.90 Å². The van der Waals surface area contributed by atoms with Gasteiger partial charge < -0.3 is 0 Å². The van der Waals surface area contributed by atoms with Crippen molar-refractivity contribution in [2.75, 3.05) is 6.54 Å². The van der Waals surface area contributed by atoms with Crippen LogP contribution in [0.3, 0.4) is 0 Å². The number of halogens is 3. The molecule has 3 aromatic rings. The molecule has 154 valence electrons. The minimum atomic E-state index is -4.35. The fraction of sp³-hybridized carbons (Fsp3) is 0.231. The molecule has 0 fully saturated rings. The van der Waals surface area contributed by atoms with Crippen LogP contribution in [0.25, 0.3) is 12.2 Å². The summed E-state index contributed by atoms with van der Waals surface area (Å²) >= 11 is 0. The van der Waals surface area contributed by atoms with Gasteiger partial charge in [0.1, 0.15) is 0 Å². The molecule has 0 atom stereocenters. The first-order valence-electron chi connectivity index (χ1n) is 10.2. The van der Waals surface area contributed by atoms with Crippen molar-refractivity contribution in [3.05, 3.63) is 106 Å². The third kappa shape index (κ3) is 5.00. The van der Waals surface area contributed by atoms with Crippen LogP contribution < -0.4 is 0 Å². The highest BCUT2D eigenvalue weighted by Gasteiger charge is 2.32. The lowest BCUT2D eigenvalue weighted by Crippen LogP contribution is -2.18. The maximum atomic E-state index is 13.2. The fourth-order valence-electron chi connectivity index (χ4n) is 4.01. The first-order valence-corrected chi connectivity index (χ1v) is 10.2. The summed E-state index contributed by atoms with van der Waals surface area (Å²) < 4.78 is 39.5. The van der Waals surface area contributed by atoms with Gasteiger partial charge in [0.25, 0.3) is 0 Å². The van der Waals surface area contributed by atoms with Crippen molar-refractivity contribution < 1.29 is 13.2 Å². The number of benzene rings is 3. The Morgan fingerprint density at radius 1 is 0.800 bits per heavy atom. The van der Waals surface area contributed by atoms with Gasteiger partial charge in [-0.15, -0.1) is 0 Å². The van der Waals surface area contributed by atoms with Crippen molar-refractivity contribution in [1.29, 1.82) is 0 Å². The van der Waals surface area contributed by atoms with Crippen LogP contribution in [0.2, 0.25) is 0 Å². The molecule has 0 aromatic heterocycles. The molecule has 1 aliphatic rings. The fourth-order valence-corrected chi connectivity index (χ4v) is 4.01. The normalized spacial score (nSPS) is 14.4. The van der Waals surface area contributed by atoms with Crippen molar-refractivity contribution in [2.24, 2.45) is 0 Å². The van der Waals surface area contributed by atoms with Gasteiger partial charge in [0, 0.05) is 13.1 Å². The topological polar surface area (TPSA) is 3.24 Å². The lowest BCUT2D eigenvalue weighted by atomic mass is 10.0. The van der Waals surface area contributed by atoms with Crippen LogP contribution in [-0.4, -0.2) is 11.4 Å². The standard InChI is InChI=1S/C26H24F3N/c27-26(28,29)25-13-4-3-10-22(25)15-14-21-8-5-7-20(17-21)9-6-16-30-18-23-11-1-2-12-24(23)19-30/h1-5,7-8,10-15,17H,6,9,16,18-19H2/b15-14+. The second-order valence-electron chi connectivity index (χ2n) is 7.75. The molecule has 0 N–H and O–H groups in total. The van der Waals surface area contributed by atoms with E-state index in [0.717, 1.165) is 44.1 Å². The Morgan fingerprint density at radius 2 is 1.50 bits per heavy atom. The Morgan fingerprint density at radius 3 is 2.23 bits per heavy atom. The monoisotopic (exact) mass is 407 g/mol. The van der Waals surface area contributed by atoms with E-state index in [2.05, 4.69) is 41.3 Å². The molecule has 4 heteroatoms. The van der Waals surface area contributed by atoms with E-state index in [1.54, 1.807) is 18.2 Å². The van der Waals surface area contributed by atoms with Gasteiger partial charge in [0.2, 0.25) is 0 Å². The summed E-state index contributed by atoms with van der Waals surface area (Å²) in [4.78, 5) is 2.46. The number of aryl methyl sites for hydroxylation is 1. The molecule has 4 rings (SSSR count). The minimum absolute atomic E-state index is 0.184. The maximum absolute atomic E-state index is 13.2. The molecule has 0 spiro atoms. The Kier molecular flexibility index (Phi) is 6.05. The minimum Gasteiger partial charge on any atom is -0.295 e. The zero-order valence-corrected chi connectivity index (χ0v) is 16.7. The van der Waals surface area contributed by atoms with Crippen molar-refractivity contribution in [2.45, 2.75) is 32.1 Å². The quantitative estimate of drug-likeness (QED) is 0.405. The first-order chi connectivity index (χ1) is 14.5. The van der Waals surface area contributed by atoms with Crippen LogP contribution in [0.4, 0.5) is 13.2 Å². The number of alkyl halides is 3. The summed E-state index contributed by atoms with van der Waals surface area (Å²) in [5.74, 6) is 0. The SMILES string of the molecule is FC(F)(F)c1ccccc1/C=C/c1cccc(CCCN2Cc3ccccc3C2)c1. The van der Waals surface area contributed by atoms with E-state index in [0.29, 0.717) is 0 Å².